The standard InChI is InChI=1S/C17H20N2O4S/c1-12-5-8-14(19(20)21)11-16(12)18-24(22,23)15-9-6-13(7-10-15)17(2,3)4/h5-11,18H,1-4H3. The fourth-order valence-electron chi connectivity index (χ4n) is 2.17. The summed E-state index contributed by atoms with van der Waals surface area (Å²) in [4.78, 5) is 10.4. The number of anilines is 1. The molecule has 0 aliphatic carbocycles. The summed E-state index contributed by atoms with van der Waals surface area (Å²) in [5.74, 6) is 0. The molecular weight excluding hydrogens is 328 g/mol. The van der Waals surface area contributed by atoms with Crippen LogP contribution in [0.4, 0.5) is 11.4 Å². The Morgan fingerprint density at radius 2 is 1.62 bits per heavy atom. The predicted molar refractivity (Wildman–Crippen MR) is 93.8 cm³/mol. The van der Waals surface area contributed by atoms with Crippen LogP contribution in [0.5, 0.6) is 0 Å². The molecule has 0 radical (unpaired) electrons. The van der Waals surface area contributed by atoms with Crippen LogP contribution < -0.4 is 4.72 Å². The lowest BCUT2D eigenvalue weighted by Gasteiger charge is -2.19. The van der Waals surface area contributed by atoms with Crippen molar-refractivity contribution < 1.29 is 13.3 Å². The maximum absolute atomic E-state index is 12.5. The van der Waals surface area contributed by atoms with Crippen LogP contribution in [0.3, 0.4) is 0 Å². The first kappa shape index (κ1) is 17.9. The number of hydrogen-bond donors (Lipinski definition) is 1. The normalized spacial score (nSPS) is 12.0. The number of nitrogens with zero attached hydrogens (tertiary/aromatic N) is 1. The lowest BCUT2D eigenvalue weighted by molar-refractivity contribution is -0.384. The number of nitro benzene ring substituents is 1. The zero-order valence-corrected chi connectivity index (χ0v) is 14.8. The molecule has 0 unspecified atom stereocenters. The summed E-state index contributed by atoms with van der Waals surface area (Å²) in [6, 6.07) is 10.7. The van der Waals surface area contributed by atoms with E-state index in [1.807, 2.05) is 20.8 Å². The van der Waals surface area contributed by atoms with Gasteiger partial charge in [0.1, 0.15) is 0 Å². The number of aryl methyl sites for hydroxylation is 1. The summed E-state index contributed by atoms with van der Waals surface area (Å²) in [5.41, 5.74) is 1.58. The molecule has 0 saturated heterocycles. The molecule has 0 fully saturated rings. The summed E-state index contributed by atoms with van der Waals surface area (Å²) in [6.45, 7) is 7.81. The van der Waals surface area contributed by atoms with Gasteiger partial charge in [-0.2, -0.15) is 0 Å². The van der Waals surface area contributed by atoms with Gasteiger partial charge in [-0.3, -0.25) is 14.8 Å². The minimum absolute atomic E-state index is 0.0770. The van der Waals surface area contributed by atoms with Crippen molar-refractivity contribution in [1.29, 1.82) is 0 Å². The van der Waals surface area contributed by atoms with Crippen molar-refractivity contribution in [1.82, 2.24) is 0 Å². The molecule has 0 heterocycles. The van der Waals surface area contributed by atoms with Crippen LogP contribution in [0.1, 0.15) is 31.9 Å². The SMILES string of the molecule is Cc1ccc([N+](=O)[O-])cc1NS(=O)(=O)c1ccc(C(C)(C)C)cc1. The van der Waals surface area contributed by atoms with Crippen LogP contribution in [0, 0.1) is 17.0 Å². The van der Waals surface area contributed by atoms with Gasteiger partial charge in [-0.05, 0) is 35.6 Å². The Hall–Kier alpha value is -2.41. The van der Waals surface area contributed by atoms with Crippen molar-refractivity contribution in [2.45, 2.75) is 38.0 Å². The van der Waals surface area contributed by atoms with Crippen molar-refractivity contribution in [3.8, 4) is 0 Å². The van der Waals surface area contributed by atoms with Gasteiger partial charge in [0.05, 0.1) is 15.5 Å². The third-order valence-electron chi connectivity index (χ3n) is 3.71. The van der Waals surface area contributed by atoms with E-state index in [2.05, 4.69) is 4.72 Å². The van der Waals surface area contributed by atoms with Crippen LogP contribution in [0.15, 0.2) is 47.4 Å². The van der Waals surface area contributed by atoms with Gasteiger partial charge < -0.3 is 0 Å². The van der Waals surface area contributed by atoms with Gasteiger partial charge in [-0.15, -0.1) is 0 Å². The van der Waals surface area contributed by atoms with Gasteiger partial charge in [0, 0.05) is 12.1 Å². The quantitative estimate of drug-likeness (QED) is 0.668. The molecule has 0 spiro atoms. The van der Waals surface area contributed by atoms with Crippen LogP contribution >= 0.6 is 0 Å². The Bertz CT molecular complexity index is 866. The third kappa shape index (κ3) is 3.91. The summed E-state index contributed by atoms with van der Waals surface area (Å²) >= 11 is 0. The first-order chi connectivity index (χ1) is 11.0. The Morgan fingerprint density at radius 3 is 2.12 bits per heavy atom. The van der Waals surface area contributed by atoms with Gasteiger partial charge in [-0.1, -0.05) is 39.0 Å². The van der Waals surface area contributed by atoms with Gasteiger partial charge in [0.2, 0.25) is 0 Å². The lowest BCUT2D eigenvalue weighted by Crippen LogP contribution is -2.15. The topological polar surface area (TPSA) is 89.3 Å². The highest BCUT2D eigenvalue weighted by molar-refractivity contribution is 7.92. The molecule has 0 amide bonds. The predicted octanol–water partition coefficient (Wildman–Crippen LogP) is 4.00. The number of benzene rings is 2. The fourth-order valence-corrected chi connectivity index (χ4v) is 3.29. The number of non-ortho nitro benzene ring substituents is 1. The second-order valence-corrected chi connectivity index (χ2v) is 8.32. The summed E-state index contributed by atoms with van der Waals surface area (Å²) in [7, 11) is -3.81. The van der Waals surface area contributed by atoms with Crippen molar-refractivity contribution in [2.75, 3.05) is 4.72 Å². The van der Waals surface area contributed by atoms with E-state index in [0.717, 1.165) is 5.56 Å². The first-order valence-electron chi connectivity index (χ1n) is 7.39. The number of hydrogen-bond acceptors (Lipinski definition) is 4. The van der Waals surface area contributed by atoms with Crippen molar-refractivity contribution in [3.05, 3.63) is 63.7 Å². The molecule has 2 rings (SSSR count). The highest BCUT2D eigenvalue weighted by Gasteiger charge is 2.19. The van der Waals surface area contributed by atoms with Crippen LogP contribution in [0.2, 0.25) is 0 Å². The van der Waals surface area contributed by atoms with E-state index in [1.165, 1.54) is 30.3 Å². The maximum atomic E-state index is 12.5. The molecule has 2 aromatic carbocycles. The van der Waals surface area contributed by atoms with Crippen molar-refractivity contribution >= 4 is 21.4 Å². The summed E-state index contributed by atoms with van der Waals surface area (Å²) in [6.07, 6.45) is 0. The van der Waals surface area contributed by atoms with E-state index in [9.17, 15) is 18.5 Å². The van der Waals surface area contributed by atoms with E-state index < -0.39 is 14.9 Å². The maximum Gasteiger partial charge on any atom is 0.271 e. The second-order valence-electron chi connectivity index (χ2n) is 6.64. The number of nitro groups is 1. The molecule has 0 aromatic heterocycles. The average molecular weight is 348 g/mol. The highest BCUT2D eigenvalue weighted by Crippen LogP contribution is 2.26. The Kier molecular flexibility index (Phi) is 4.66. The number of nitrogens with one attached hydrogen (secondary N) is 1. The van der Waals surface area contributed by atoms with E-state index in [-0.39, 0.29) is 21.7 Å². The Balaban J connectivity index is 2.35. The minimum Gasteiger partial charge on any atom is -0.279 e. The second kappa shape index (κ2) is 6.24. The van der Waals surface area contributed by atoms with Crippen LogP contribution in [-0.2, 0) is 15.4 Å². The van der Waals surface area contributed by atoms with Gasteiger partial charge in [0.25, 0.3) is 15.7 Å². The van der Waals surface area contributed by atoms with Crippen LogP contribution in [0.25, 0.3) is 0 Å². The molecule has 2 aromatic rings. The molecular formula is C17H20N2O4S. The molecule has 0 aliphatic rings. The first-order valence-corrected chi connectivity index (χ1v) is 8.87. The lowest BCUT2D eigenvalue weighted by atomic mass is 9.87. The van der Waals surface area contributed by atoms with Crippen molar-refractivity contribution in [2.24, 2.45) is 0 Å². The molecule has 1 N–H and O–H groups in total. The van der Waals surface area contributed by atoms with Crippen molar-refractivity contribution in [3.63, 3.8) is 0 Å². The Morgan fingerprint density at radius 1 is 1.04 bits per heavy atom. The van der Waals surface area contributed by atoms with E-state index in [4.69, 9.17) is 0 Å². The third-order valence-corrected chi connectivity index (χ3v) is 5.09. The van der Waals surface area contributed by atoms with Gasteiger partial charge in [-0.25, -0.2) is 8.42 Å². The summed E-state index contributed by atoms with van der Waals surface area (Å²) < 4.78 is 27.5. The largest absolute Gasteiger partial charge is 0.279 e. The van der Waals surface area contributed by atoms with Crippen LogP contribution in [-0.4, -0.2) is 13.3 Å². The zero-order chi connectivity index (χ0) is 18.1. The highest BCUT2D eigenvalue weighted by atomic mass is 32.2. The monoisotopic (exact) mass is 348 g/mol. The number of rotatable bonds is 4. The molecule has 0 atom stereocenters. The Labute approximate surface area is 141 Å². The smallest absolute Gasteiger partial charge is 0.271 e. The average Bonchev–Trinajstić information content (AvgIpc) is 2.48. The fraction of sp³-hybridized carbons (Fsp3) is 0.294. The van der Waals surface area contributed by atoms with Gasteiger partial charge in [0.15, 0.2) is 0 Å². The molecule has 7 heteroatoms. The molecule has 6 nitrogen and oxygen atoms in total. The van der Waals surface area contributed by atoms with E-state index in [0.29, 0.717) is 5.56 Å². The molecule has 128 valence electrons. The molecule has 0 bridgehead atoms. The zero-order valence-electron chi connectivity index (χ0n) is 14.0. The molecule has 24 heavy (non-hydrogen) atoms. The van der Waals surface area contributed by atoms with E-state index >= 15 is 0 Å². The number of sulfonamides is 1. The van der Waals surface area contributed by atoms with Gasteiger partial charge >= 0.3 is 0 Å². The summed E-state index contributed by atoms with van der Waals surface area (Å²) in [5, 5.41) is 10.9. The minimum atomic E-state index is -3.81. The van der Waals surface area contributed by atoms with E-state index in [1.54, 1.807) is 19.1 Å². The molecule has 0 saturated carbocycles. The molecule has 0 aliphatic heterocycles.